The van der Waals surface area contributed by atoms with E-state index in [0.717, 1.165) is 59.5 Å². The molecule has 0 amide bonds. The number of rotatable bonds is 16. The molecule has 2 aromatic carbocycles. The minimum absolute atomic E-state index is 0.00137. The molecule has 1 N–H and O–H groups in total. The van der Waals surface area contributed by atoms with Crippen molar-refractivity contribution in [2.75, 3.05) is 33.0 Å². The number of ether oxygens (including phenoxy) is 4. The van der Waals surface area contributed by atoms with Gasteiger partial charge in [0.05, 0.1) is 37.4 Å². The lowest BCUT2D eigenvalue weighted by Crippen LogP contribution is -2.39. The zero-order chi connectivity index (χ0) is 34.4. The molecular weight excluding hydrogens is 605 g/mol. The van der Waals surface area contributed by atoms with Gasteiger partial charge < -0.3 is 24.1 Å². The lowest BCUT2D eigenvalue weighted by Gasteiger charge is -2.27. The lowest BCUT2D eigenvalue weighted by atomic mass is 10.1. The van der Waals surface area contributed by atoms with Crippen LogP contribution in [0.3, 0.4) is 0 Å². The van der Waals surface area contributed by atoms with E-state index in [1.165, 1.54) is 28.7 Å². The summed E-state index contributed by atoms with van der Waals surface area (Å²) in [5, 5.41) is 12.1. The first-order valence-electron chi connectivity index (χ1n) is 18.1. The Kier molecular flexibility index (Phi) is 18.2. The summed E-state index contributed by atoms with van der Waals surface area (Å²) in [7, 11) is -1.95. The summed E-state index contributed by atoms with van der Waals surface area (Å²) < 4.78 is 23.1. The molecule has 7 heteroatoms. The maximum Gasteiger partial charge on any atom is 0.157 e. The molecule has 1 aliphatic rings. The molecule has 0 spiro atoms. The molecule has 0 bridgehead atoms. The fraction of sp³-hybridized carbons (Fsp3) is 0.692. The molecule has 46 heavy (non-hydrogen) atoms. The van der Waals surface area contributed by atoms with Crippen LogP contribution in [0, 0.1) is 27.7 Å². The zero-order valence-electron chi connectivity index (χ0n) is 31.5. The molecule has 1 saturated heterocycles. The number of aliphatic hydroxyl groups is 1. The molecule has 1 heterocycles. The van der Waals surface area contributed by atoms with Crippen LogP contribution >= 0.6 is 0 Å². The molecule has 0 aromatic heterocycles. The summed E-state index contributed by atoms with van der Waals surface area (Å²) >= 11 is 0. The van der Waals surface area contributed by atoms with E-state index < -0.39 is 17.6 Å². The van der Waals surface area contributed by atoms with Crippen LogP contribution in [0.5, 0.6) is 11.5 Å². The number of aryl methyl sites for hydroxylation is 4. The molecule has 2 aromatic rings. The van der Waals surface area contributed by atoms with Crippen LogP contribution in [0.25, 0.3) is 0 Å². The molecule has 0 radical (unpaired) electrons. The quantitative estimate of drug-likeness (QED) is 0.144. The van der Waals surface area contributed by atoms with Crippen LogP contribution in [0.2, 0.25) is 22.2 Å². The van der Waals surface area contributed by atoms with Gasteiger partial charge >= 0.3 is 0 Å². The fourth-order valence-electron chi connectivity index (χ4n) is 7.52. The van der Waals surface area contributed by atoms with Gasteiger partial charge in [0.2, 0.25) is 0 Å². The van der Waals surface area contributed by atoms with Crippen LogP contribution < -0.4 is 19.8 Å². The topological polar surface area (TPSA) is 57.2 Å². The van der Waals surface area contributed by atoms with Gasteiger partial charge in [0.25, 0.3) is 0 Å². The van der Waals surface area contributed by atoms with E-state index in [9.17, 15) is 0 Å². The first-order valence-corrected chi connectivity index (χ1v) is 21.9. The van der Waals surface area contributed by atoms with Gasteiger partial charge in [0, 0.05) is 26.1 Å². The summed E-state index contributed by atoms with van der Waals surface area (Å²) in [5.74, 6) is 1.94. The van der Waals surface area contributed by atoms with Crippen molar-refractivity contribution in [2.45, 2.75) is 144 Å². The molecule has 0 saturated carbocycles. The highest BCUT2D eigenvalue weighted by atomic mass is 28.3. The van der Waals surface area contributed by atoms with Crippen molar-refractivity contribution in [1.29, 1.82) is 0 Å². The lowest BCUT2D eigenvalue weighted by molar-refractivity contribution is -0.163. The van der Waals surface area contributed by atoms with Gasteiger partial charge in [-0.15, -0.1) is 0 Å². The number of hydrogen-bond acceptors (Lipinski definition) is 5. The third-order valence-electron chi connectivity index (χ3n) is 9.24. The second-order valence-corrected chi connectivity index (χ2v) is 23.4. The van der Waals surface area contributed by atoms with Gasteiger partial charge in [-0.25, -0.2) is 0 Å². The van der Waals surface area contributed by atoms with E-state index in [-0.39, 0.29) is 12.9 Å². The second kappa shape index (κ2) is 20.7. The van der Waals surface area contributed by atoms with Crippen molar-refractivity contribution >= 4 is 28.0 Å². The first-order chi connectivity index (χ1) is 21.8. The molecule has 0 aliphatic carbocycles. The Morgan fingerprint density at radius 3 is 1.41 bits per heavy atom. The van der Waals surface area contributed by atoms with Crippen LogP contribution in [-0.2, 0) is 9.47 Å². The molecule has 5 nitrogen and oxygen atoms in total. The molecule has 3 rings (SSSR count). The first kappa shape index (κ1) is 40.5. The largest absolute Gasteiger partial charge is 0.493 e. The van der Waals surface area contributed by atoms with Gasteiger partial charge in [0.1, 0.15) is 11.5 Å². The Morgan fingerprint density at radius 2 is 1.07 bits per heavy atom. The Balaban J connectivity index is 0.000000332. The summed E-state index contributed by atoms with van der Waals surface area (Å²) in [6.45, 7) is 30.9. The van der Waals surface area contributed by atoms with E-state index in [2.05, 4.69) is 107 Å². The second-order valence-electron chi connectivity index (χ2n) is 14.8. The van der Waals surface area contributed by atoms with Crippen molar-refractivity contribution in [3.8, 4) is 11.5 Å². The third kappa shape index (κ3) is 12.8. The predicted molar refractivity (Wildman–Crippen MR) is 203 cm³/mol. The molecule has 262 valence electrons. The molecule has 1 atom stereocenters. The van der Waals surface area contributed by atoms with Crippen molar-refractivity contribution in [3.05, 3.63) is 46.5 Å². The smallest absolute Gasteiger partial charge is 0.157 e. The van der Waals surface area contributed by atoms with E-state index >= 15 is 0 Å². The van der Waals surface area contributed by atoms with Gasteiger partial charge in [-0.3, -0.25) is 0 Å². The molecule has 1 fully saturated rings. The summed E-state index contributed by atoms with van der Waals surface area (Å²) in [6, 6.07) is 8.81. The SMILES string of the molecule is Cc1cc(OCCCO)cc(C)c1[SiH](C(C)C)C(C)C.Cc1cc(OCCCOC2CCCCO2)cc(C)c1[SiH](C(C)C)C(C)C. The average Bonchev–Trinajstić information content (AvgIpc) is 2.97. The van der Waals surface area contributed by atoms with E-state index in [4.69, 9.17) is 24.1 Å². The van der Waals surface area contributed by atoms with Gasteiger partial charge in [0.15, 0.2) is 6.29 Å². The number of aliphatic hydroxyl groups excluding tert-OH is 1. The molecule has 1 aliphatic heterocycles. The summed E-state index contributed by atoms with van der Waals surface area (Å²) in [4.78, 5) is 0. The van der Waals surface area contributed by atoms with Crippen LogP contribution in [0.1, 0.15) is 110 Å². The molecular formula is C39H68O5Si2. The number of hydrogen-bond donors (Lipinski definition) is 1. The Hall–Kier alpha value is -1.65. The van der Waals surface area contributed by atoms with Gasteiger partial charge in [-0.2, -0.15) is 0 Å². The van der Waals surface area contributed by atoms with Crippen LogP contribution in [-0.4, -0.2) is 62.0 Å². The average molecular weight is 673 g/mol. The standard InChI is InChI=1S/C22H38O3Si.C17H30O2Si/c1-16(2)26(17(3)4)22-18(5)14-20(15-19(22)6)23-12-9-13-25-21-10-7-8-11-24-21;1-12(2)20(13(3)4)17-14(5)10-16(11-15(17)6)19-9-7-8-18/h14-17,21,26H,7-13H2,1-6H3;10-13,18,20H,7-9H2,1-6H3. The highest BCUT2D eigenvalue weighted by Crippen LogP contribution is 2.26. The fourth-order valence-corrected chi connectivity index (χ4v) is 15.7. The van der Waals surface area contributed by atoms with Crippen molar-refractivity contribution in [3.63, 3.8) is 0 Å². The van der Waals surface area contributed by atoms with Crippen molar-refractivity contribution in [2.24, 2.45) is 0 Å². The maximum atomic E-state index is 8.82. The summed E-state index contributed by atoms with van der Waals surface area (Å²) in [6.07, 6.45) is 4.99. The van der Waals surface area contributed by atoms with E-state index in [1.54, 1.807) is 10.4 Å². The molecule has 1 unspecified atom stereocenters. The van der Waals surface area contributed by atoms with Gasteiger partial charge in [-0.1, -0.05) is 65.8 Å². The highest BCUT2D eigenvalue weighted by molar-refractivity contribution is 6.76. The van der Waals surface area contributed by atoms with Crippen molar-refractivity contribution < 1.29 is 24.1 Å². The zero-order valence-corrected chi connectivity index (χ0v) is 33.8. The third-order valence-corrected chi connectivity index (χ3v) is 18.1. The van der Waals surface area contributed by atoms with Crippen molar-refractivity contribution in [1.82, 2.24) is 0 Å². The highest BCUT2D eigenvalue weighted by Gasteiger charge is 2.26. The van der Waals surface area contributed by atoms with E-state index in [1.807, 2.05) is 0 Å². The van der Waals surface area contributed by atoms with E-state index in [0.29, 0.717) is 26.2 Å². The minimum Gasteiger partial charge on any atom is -0.493 e. The Bertz CT molecular complexity index is 1100. The Morgan fingerprint density at radius 1 is 0.652 bits per heavy atom. The minimum atomic E-state index is -0.983. The number of benzene rings is 2. The summed E-state index contributed by atoms with van der Waals surface area (Å²) in [5.41, 5.74) is 8.67. The van der Waals surface area contributed by atoms with Gasteiger partial charge in [-0.05, 0) is 116 Å². The Labute approximate surface area is 286 Å². The van der Waals surface area contributed by atoms with Crippen LogP contribution in [0.4, 0.5) is 0 Å². The predicted octanol–water partition coefficient (Wildman–Crippen LogP) is 8.19. The monoisotopic (exact) mass is 672 g/mol. The maximum absolute atomic E-state index is 8.82. The normalized spacial score (nSPS) is 15.3. The van der Waals surface area contributed by atoms with Crippen LogP contribution in [0.15, 0.2) is 24.3 Å².